The summed E-state index contributed by atoms with van der Waals surface area (Å²) in [6.45, 7) is 0. The van der Waals surface area contributed by atoms with Gasteiger partial charge >= 0.3 is 0 Å². The number of fused-ring (bicyclic) bond motifs is 3. The van der Waals surface area contributed by atoms with Crippen molar-refractivity contribution in [2.75, 3.05) is 0 Å². The molecule has 0 spiro atoms. The number of benzene rings is 3. The molecular formula is C23H15FN2. The van der Waals surface area contributed by atoms with Crippen molar-refractivity contribution in [2.45, 2.75) is 0 Å². The maximum Gasteiger partial charge on any atom is 0.123 e. The van der Waals surface area contributed by atoms with E-state index in [9.17, 15) is 4.39 Å². The Morgan fingerprint density at radius 2 is 1.31 bits per heavy atom. The summed E-state index contributed by atoms with van der Waals surface area (Å²) in [6.07, 6.45) is 1.80. The zero-order valence-corrected chi connectivity index (χ0v) is 13.9. The first-order valence-corrected chi connectivity index (χ1v) is 8.52. The number of pyridine rings is 1. The summed E-state index contributed by atoms with van der Waals surface area (Å²) in [5.41, 5.74) is 5.07. The third-order valence-corrected chi connectivity index (χ3v) is 4.72. The smallest absolute Gasteiger partial charge is 0.123 e. The van der Waals surface area contributed by atoms with Crippen LogP contribution in [0.25, 0.3) is 38.8 Å². The molecule has 3 heteroatoms. The van der Waals surface area contributed by atoms with E-state index in [1.807, 2.05) is 12.1 Å². The Morgan fingerprint density at radius 1 is 0.692 bits per heavy atom. The highest BCUT2D eigenvalue weighted by Crippen LogP contribution is 2.32. The fourth-order valence-corrected chi connectivity index (χ4v) is 3.54. The lowest BCUT2D eigenvalue weighted by molar-refractivity contribution is 0.628. The highest BCUT2D eigenvalue weighted by atomic mass is 19.1. The number of nitrogens with zero attached hydrogens (tertiary/aromatic N) is 2. The molecule has 0 amide bonds. The predicted octanol–water partition coefficient (Wildman–Crippen LogP) is 5.98. The second-order valence-corrected chi connectivity index (χ2v) is 6.28. The van der Waals surface area contributed by atoms with Gasteiger partial charge in [0.1, 0.15) is 5.82 Å². The highest BCUT2D eigenvalue weighted by molar-refractivity contribution is 6.09. The van der Waals surface area contributed by atoms with E-state index in [-0.39, 0.29) is 5.82 Å². The van der Waals surface area contributed by atoms with Gasteiger partial charge in [-0.15, -0.1) is 0 Å². The highest BCUT2D eigenvalue weighted by Gasteiger charge is 2.12. The van der Waals surface area contributed by atoms with Crippen LogP contribution < -0.4 is 0 Å². The van der Waals surface area contributed by atoms with E-state index in [0.717, 1.165) is 28.0 Å². The van der Waals surface area contributed by atoms with Crippen LogP contribution in [0.2, 0.25) is 0 Å². The molecule has 26 heavy (non-hydrogen) atoms. The standard InChI is InChI=1S/C23H15FN2/c24-17-11-9-16(10-12-17)21-15-18(13-14-25-21)26-22-7-3-1-5-19(22)20-6-2-4-8-23(20)26/h1-15H. The topological polar surface area (TPSA) is 17.8 Å². The third kappa shape index (κ3) is 2.29. The van der Waals surface area contributed by atoms with Crippen LogP contribution in [-0.4, -0.2) is 9.55 Å². The average Bonchev–Trinajstić information content (AvgIpc) is 3.03. The van der Waals surface area contributed by atoms with Gasteiger partial charge in [-0.3, -0.25) is 4.98 Å². The molecule has 2 nitrogen and oxygen atoms in total. The number of halogens is 1. The van der Waals surface area contributed by atoms with Gasteiger partial charge in [-0.2, -0.15) is 0 Å². The summed E-state index contributed by atoms with van der Waals surface area (Å²) >= 11 is 0. The Morgan fingerprint density at radius 3 is 1.96 bits per heavy atom. The molecule has 124 valence electrons. The van der Waals surface area contributed by atoms with Gasteiger partial charge in [0.2, 0.25) is 0 Å². The number of para-hydroxylation sites is 2. The molecule has 0 radical (unpaired) electrons. The largest absolute Gasteiger partial charge is 0.309 e. The first-order valence-electron chi connectivity index (χ1n) is 8.52. The summed E-state index contributed by atoms with van der Waals surface area (Å²) in [6, 6.07) is 27.3. The van der Waals surface area contributed by atoms with E-state index in [1.165, 1.54) is 22.9 Å². The lowest BCUT2D eigenvalue weighted by Crippen LogP contribution is -1.95. The van der Waals surface area contributed by atoms with Crippen molar-refractivity contribution >= 4 is 21.8 Å². The van der Waals surface area contributed by atoms with Gasteiger partial charge in [0, 0.05) is 28.2 Å². The predicted molar refractivity (Wildman–Crippen MR) is 104 cm³/mol. The molecule has 2 heterocycles. The van der Waals surface area contributed by atoms with E-state index >= 15 is 0 Å². The fourth-order valence-electron chi connectivity index (χ4n) is 3.54. The number of aromatic nitrogens is 2. The van der Waals surface area contributed by atoms with Crippen LogP contribution in [0.15, 0.2) is 91.1 Å². The molecule has 0 bridgehead atoms. The molecule has 0 saturated carbocycles. The molecule has 0 fully saturated rings. The Balaban J connectivity index is 1.78. The van der Waals surface area contributed by atoms with Gasteiger partial charge in [-0.25, -0.2) is 4.39 Å². The van der Waals surface area contributed by atoms with Gasteiger partial charge in [0.15, 0.2) is 0 Å². The molecular weight excluding hydrogens is 323 g/mol. The van der Waals surface area contributed by atoms with Gasteiger partial charge in [0.25, 0.3) is 0 Å². The van der Waals surface area contributed by atoms with Crippen LogP contribution in [-0.2, 0) is 0 Å². The Labute approximate surface area is 150 Å². The Kier molecular flexibility index (Phi) is 3.32. The van der Waals surface area contributed by atoms with Crippen molar-refractivity contribution in [1.29, 1.82) is 0 Å². The van der Waals surface area contributed by atoms with Crippen molar-refractivity contribution in [3.8, 4) is 16.9 Å². The molecule has 2 aromatic heterocycles. The molecule has 5 rings (SSSR count). The summed E-state index contributed by atoms with van der Waals surface area (Å²) in [5.74, 6) is -0.243. The summed E-state index contributed by atoms with van der Waals surface area (Å²) in [4.78, 5) is 4.47. The van der Waals surface area contributed by atoms with Crippen LogP contribution in [0.5, 0.6) is 0 Å². The van der Waals surface area contributed by atoms with Crippen molar-refractivity contribution < 1.29 is 4.39 Å². The monoisotopic (exact) mass is 338 g/mol. The molecule has 5 aromatic rings. The number of hydrogen-bond acceptors (Lipinski definition) is 1. The lowest BCUT2D eigenvalue weighted by atomic mass is 10.1. The van der Waals surface area contributed by atoms with Crippen LogP contribution in [0, 0.1) is 5.82 Å². The zero-order valence-electron chi connectivity index (χ0n) is 13.9. The second kappa shape index (κ2) is 5.81. The quantitative estimate of drug-likeness (QED) is 0.387. The number of hydrogen-bond donors (Lipinski definition) is 0. The number of rotatable bonds is 2. The molecule has 0 aliphatic heterocycles. The maximum absolute atomic E-state index is 13.2. The minimum absolute atomic E-state index is 0.243. The normalized spacial score (nSPS) is 11.3. The molecule has 0 atom stereocenters. The van der Waals surface area contributed by atoms with Crippen LogP contribution in [0.3, 0.4) is 0 Å². The molecule has 0 aliphatic rings. The molecule has 0 aliphatic carbocycles. The van der Waals surface area contributed by atoms with Gasteiger partial charge in [0.05, 0.1) is 16.7 Å². The summed E-state index contributed by atoms with van der Waals surface area (Å²) < 4.78 is 15.5. The minimum atomic E-state index is -0.243. The van der Waals surface area contributed by atoms with E-state index in [2.05, 4.69) is 58.1 Å². The minimum Gasteiger partial charge on any atom is -0.309 e. The molecule has 0 unspecified atom stereocenters. The molecule has 0 saturated heterocycles. The van der Waals surface area contributed by atoms with E-state index < -0.39 is 0 Å². The Hall–Kier alpha value is -3.46. The van der Waals surface area contributed by atoms with Gasteiger partial charge < -0.3 is 4.57 Å². The second-order valence-electron chi connectivity index (χ2n) is 6.28. The van der Waals surface area contributed by atoms with Crippen molar-refractivity contribution in [3.05, 3.63) is 96.9 Å². The van der Waals surface area contributed by atoms with Crippen LogP contribution in [0.4, 0.5) is 4.39 Å². The maximum atomic E-state index is 13.2. The molecule has 3 aromatic carbocycles. The Bertz CT molecular complexity index is 1180. The third-order valence-electron chi connectivity index (χ3n) is 4.72. The van der Waals surface area contributed by atoms with Gasteiger partial charge in [-0.1, -0.05) is 36.4 Å². The zero-order chi connectivity index (χ0) is 17.5. The fraction of sp³-hybridized carbons (Fsp3) is 0. The van der Waals surface area contributed by atoms with Crippen LogP contribution in [0.1, 0.15) is 0 Å². The van der Waals surface area contributed by atoms with Crippen molar-refractivity contribution in [3.63, 3.8) is 0 Å². The van der Waals surface area contributed by atoms with E-state index in [0.29, 0.717) is 0 Å². The van der Waals surface area contributed by atoms with Crippen molar-refractivity contribution in [2.24, 2.45) is 0 Å². The van der Waals surface area contributed by atoms with Gasteiger partial charge in [-0.05, 0) is 48.5 Å². The SMILES string of the molecule is Fc1ccc(-c2cc(-n3c4ccccc4c4ccccc43)ccn2)cc1. The van der Waals surface area contributed by atoms with Crippen LogP contribution >= 0.6 is 0 Å². The van der Waals surface area contributed by atoms with E-state index in [1.54, 1.807) is 18.3 Å². The van der Waals surface area contributed by atoms with Crippen molar-refractivity contribution in [1.82, 2.24) is 9.55 Å². The van der Waals surface area contributed by atoms with E-state index in [4.69, 9.17) is 0 Å². The first-order chi connectivity index (χ1) is 12.8. The molecule has 0 N–H and O–H groups in total. The summed E-state index contributed by atoms with van der Waals surface area (Å²) in [7, 11) is 0. The average molecular weight is 338 g/mol. The summed E-state index contributed by atoms with van der Waals surface area (Å²) in [5, 5.41) is 2.45. The lowest BCUT2D eigenvalue weighted by Gasteiger charge is -2.09. The first kappa shape index (κ1) is 14.8.